The molecule has 1 rings (SSSR count). The average Bonchev–Trinajstić information content (AvgIpc) is 2.65. The van der Waals surface area contributed by atoms with Gasteiger partial charge in [-0.2, -0.15) is 4.57 Å². The van der Waals surface area contributed by atoms with Gasteiger partial charge in [-0.05, 0) is 6.42 Å². The number of hydrogen-bond acceptors (Lipinski definition) is 3. The highest BCUT2D eigenvalue weighted by atomic mass is 35.5. The summed E-state index contributed by atoms with van der Waals surface area (Å²) in [5.41, 5.74) is 4.12. The molecule has 1 aromatic rings. The Kier molecular flexibility index (Phi) is 13.6. The third kappa shape index (κ3) is 8.74. The summed E-state index contributed by atoms with van der Waals surface area (Å²) in [7, 11) is 0. The molecule has 0 saturated carbocycles. The average molecular weight is 399 g/mol. The first kappa shape index (κ1) is 25.4. The van der Waals surface area contributed by atoms with Gasteiger partial charge in [0.15, 0.2) is 12.4 Å². The minimum absolute atomic E-state index is 0. The maximum absolute atomic E-state index is 12.3. The molecule has 1 atom stereocenters. The minimum Gasteiger partial charge on any atom is -1.00 e. The minimum atomic E-state index is -1.45. The second-order valence-corrected chi connectivity index (χ2v) is 6.84. The number of hydrogen-bond donors (Lipinski definition) is 1. The molecule has 0 fully saturated rings. The van der Waals surface area contributed by atoms with Gasteiger partial charge in [-0.3, -0.25) is 9.59 Å². The largest absolute Gasteiger partial charge is 1.00 e. The monoisotopic (exact) mass is 398 g/mol. The standard InChI is InChI=1S/C21H34N2O3.ClH/c1-3-5-6-7-8-9-10-11-13-16-19(24)26-21(4-2,20(22)25)23-17-14-12-15-18-23;/h12,14-15,17-18H,3-11,13,16H2,1-2H3,(H-,22,25);1H. The van der Waals surface area contributed by atoms with E-state index in [1.165, 1.54) is 38.5 Å². The Balaban J connectivity index is 0.00000676. The molecule has 0 radical (unpaired) electrons. The molecule has 6 heteroatoms. The second-order valence-electron chi connectivity index (χ2n) is 6.84. The van der Waals surface area contributed by atoms with E-state index in [1.54, 1.807) is 36.0 Å². The molecule has 1 unspecified atom stereocenters. The maximum atomic E-state index is 12.3. The number of ether oxygens (including phenoxy) is 1. The van der Waals surface area contributed by atoms with Crippen molar-refractivity contribution in [2.75, 3.05) is 0 Å². The number of carbonyl (C=O) groups excluding carboxylic acids is 2. The molecular weight excluding hydrogens is 364 g/mol. The van der Waals surface area contributed by atoms with Crippen LogP contribution in [0.25, 0.3) is 0 Å². The highest BCUT2D eigenvalue weighted by molar-refractivity contribution is 5.82. The predicted molar refractivity (Wildman–Crippen MR) is 102 cm³/mol. The number of nitrogens with zero attached hydrogens (tertiary/aromatic N) is 1. The molecule has 0 saturated heterocycles. The van der Waals surface area contributed by atoms with E-state index in [4.69, 9.17) is 10.5 Å². The highest BCUT2D eigenvalue weighted by Crippen LogP contribution is 2.18. The van der Waals surface area contributed by atoms with Gasteiger partial charge in [0.1, 0.15) is 0 Å². The van der Waals surface area contributed by atoms with Gasteiger partial charge >= 0.3 is 17.6 Å². The Morgan fingerprint density at radius 1 is 0.889 bits per heavy atom. The fraction of sp³-hybridized carbons (Fsp3) is 0.667. The van der Waals surface area contributed by atoms with Crippen LogP contribution in [0.4, 0.5) is 0 Å². The van der Waals surface area contributed by atoms with Gasteiger partial charge in [-0.15, -0.1) is 0 Å². The third-order valence-corrected chi connectivity index (χ3v) is 4.76. The van der Waals surface area contributed by atoms with Crippen LogP contribution in [0.1, 0.15) is 84.5 Å². The molecular formula is C21H35ClN2O3. The van der Waals surface area contributed by atoms with Crippen molar-refractivity contribution in [1.82, 2.24) is 0 Å². The molecule has 0 aromatic carbocycles. The molecule has 27 heavy (non-hydrogen) atoms. The number of aromatic nitrogens is 1. The first-order valence-corrected chi connectivity index (χ1v) is 10.0. The number of rotatable bonds is 14. The lowest BCUT2D eigenvalue weighted by Gasteiger charge is -2.23. The molecule has 2 N–H and O–H groups in total. The summed E-state index contributed by atoms with van der Waals surface area (Å²) < 4.78 is 7.13. The molecule has 1 aromatic heterocycles. The second kappa shape index (κ2) is 14.4. The summed E-state index contributed by atoms with van der Waals surface area (Å²) in [6, 6.07) is 5.39. The van der Waals surface area contributed by atoms with Crippen molar-refractivity contribution in [2.24, 2.45) is 5.73 Å². The number of unbranched alkanes of at least 4 members (excludes halogenated alkanes) is 8. The summed E-state index contributed by atoms with van der Waals surface area (Å²) in [4.78, 5) is 24.3. The fourth-order valence-electron chi connectivity index (χ4n) is 3.12. The third-order valence-electron chi connectivity index (χ3n) is 4.76. The number of esters is 1. The first-order valence-electron chi connectivity index (χ1n) is 10.0. The van der Waals surface area contributed by atoms with Crippen molar-refractivity contribution in [3.8, 4) is 0 Å². The molecule has 154 valence electrons. The molecule has 0 aliphatic heterocycles. The molecule has 5 nitrogen and oxygen atoms in total. The molecule has 0 aliphatic rings. The number of primary amides is 1. The topological polar surface area (TPSA) is 73.3 Å². The highest BCUT2D eigenvalue weighted by Gasteiger charge is 2.48. The van der Waals surface area contributed by atoms with Crippen LogP contribution in [0.15, 0.2) is 30.6 Å². The fourth-order valence-corrected chi connectivity index (χ4v) is 3.12. The number of nitrogens with two attached hydrogens (primary N) is 1. The lowest BCUT2D eigenvalue weighted by Crippen LogP contribution is -3.00. The van der Waals surface area contributed by atoms with Crippen LogP contribution in [-0.4, -0.2) is 11.9 Å². The molecule has 0 bridgehead atoms. The Morgan fingerprint density at radius 2 is 1.41 bits per heavy atom. The van der Waals surface area contributed by atoms with E-state index in [9.17, 15) is 9.59 Å². The molecule has 1 heterocycles. The van der Waals surface area contributed by atoms with Crippen molar-refractivity contribution in [3.63, 3.8) is 0 Å². The predicted octanol–water partition coefficient (Wildman–Crippen LogP) is 0.990. The normalized spacial score (nSPS) is 12.7. The SMILES string of the molecule is CCCCCCCCCCCC(=O)OC(CC)(C(N)=O)[n+]1ccccc1.[Cl-]. The van der Waals surface area contributed by atoms with E-state index in [1.807, 2.05) is 6.07 Å². The maximum Gasteiger partial charge on any atom is 0.393 e. The summed E-state index contributed by atoms with van der Waals surface area (Å²) in [6.45, 7) is 4.01. The van der Waals surface area contributed by atoms with E-state index >= 15 is 0 Å². The summed E-state index contributed by atoms with van der Waals surface area (Å²) in [6.07, 6.45) is 14.7. The van der Waals surface area contributed by atoms with Crippen molar-refractivity contribution >= 4 is 11.9 Å². The number of carbonyl (C=O) groups is 2. The van der Waals surface area contributed by atoms with Crippen LogP contribution >= 0.6 is 0 Å². The lowest BCUT2D eigenvalue weighted by molar-refractivity contribution is -0.786. The summed E-state index contributed by atoms with van der Waals surface area (Å²) in [5.74, 6) is -1.03. The van der Waals surface area contributed by atoms with Crippen LogP contribution in [0.5, 0.6) is 0 Å². The zero-order valence-electron chi connectivity index (χ0n) is 16.8. The summed E-state index contributed by atoms with van der Waals surface area (Å²) in [5, 5.41) is 0. The number of halogens is 1. The van der Waals surface area contributed by atoms with Gasteiger partial charge < -0.3 is 22.9 Å². The van der Waals surface area contributed by atoms with Gasteiger partial charge in [-0.1, -0.05) is 71.3 Å². The van der Waals surface area contributed by atoms with Crippen molar-refractivity contribution in [2.45, 2.75) is 90.2 Å². The van der Waals surface area contributed by atoms with Gasteiger partial charge in [0.2, 0.25) is 0 Å². The summed E-state index contributed by atoms with van der Waals surface area (Å²) >= 11 is 0. The Morgan fingerprint density at radius 3 is 1.89 bits per heavy atom. The van der Waals surface area contributed by atoms with Crippen LogP contribution in [0.2, 0.25) is 0 Å². The van der Waals surface area contributed by atoms with Gasteiger partial charge in [-0.25, -0.2) is 0 Å². The van der Waals surface area contributed by atoms with E-state index in [-0.39, 0.29) is 18.4 Å². The van der Waals surface area contributed by atoms with E-state index < -0.39 is 11.6 Å². The molecule has 1 amide bonds. The van der Waals surface area contributed by atoms with E-state index in [0.717, 1.165) is 19.3 Å². The van der Waals surface area contributed by atoms with Gasteiger partial charge in [0, 0.05) is 18.6 Å². The smallest absolute Gasteiger partial charge is 0.393 e. The van der Waals surface area contributed by atoms with E-state index in [0.29, 0.717) is 12.8 Å². The zero-order valence-corrected chi connectivity index (χ0v) is 17.5. The first-order chi connectivity index (χ1) is 12.6. The van der Waals surface area contributed by atoms with Crippen molar-refractivity contribution < 1.29 is 31.3 Å². The Hall–Kier alpha value is -1.62. The molecule has 0 aliphatic carbocycles. The van der Waals surface area contributed by atoms with Crippen LogP contribution < -0.4 is 22.7 Å². The van der Waals surface area contributed by atoms with Crippen molar-refractivity contribution in [1.29, 1.82) is 0 Å². The molecule has 0 spiro atoms. The number of amides is 1. The van der Waals surface area contributed by atoms with Crippen LogP contribution in [0, 0.1) is 0 Å². The van der Waals surface area contributed by atoms with Crippen LogP contribution in [0.3, 0.4) is 0 Å². The zero-order chi connectivity index (χ0) is 19.3. The van der Waals surface area contributed by atoms with Gasteiger partial charge in [0.25, 0.3) is 0 Å². The van der Waals surface area contributed by atoms with Gasteiger partial charge in [0.05, 0.1) is 6.42 Å². The Bertz CT molecular complexity index is 539. The Labute approximate surface area is 170 Å². The quantitative estimate of drug-likeness (QED) is 0.288. The number of pyridine rings is 1. The lowest BCUT2D eigenvalue weighted by atomic mass is 10.1. The van der Waals surface area contributed by atoms with Crippen molar-refractivity contribution in [3.05, 3.63) is 30.6 Å². The van der Waals surface area contributed by atoms with E-state index in [2.05, 4.69) is 6.92 Å². The van der Waals surface area contributed by atoms with Crippen LogP contribution in [-0.2, 0) is 20.1 Å².